The van der Waals surface area contributed by atoms with Gasteiger partial charge < -0.3 is 0 Å². The van der Waals surface area contributed by atoms with Gasteiger partial charge in [0.2, 0.25) is 5.70 Å². The molecule has 3 nitrogen and oxygen atoms in total. The van der Waals surface area contributed by atoms with Gasteiger partial charge in [-0.3, -0.25) is 10.1 Å². The number of nitro groups is 1. The van der Waals surface area contributed by atoms with E-state index in [1.807, 2.05) is 19.9 Å². The molecule has 0 aromatic carbocycles. The third-order valence-electron chi connectivity index (χ3n) is 4.28. The van der Waals surface area contributed by atoms with Crippen LogP contribution in [0.5, 0.6) is 0 Å². The van der Waals surface area contributed by atoms with Gasteiger partial charge in [-0.15, -0.1) is 0 Å². The number of nitrogens with zero attached hydrogens (tertiary/aromatic N) is 1. The summed E-state index contributed by atoms with van der Waals surface area (Å²) in [6.45, 7) is 11.0. The lowest BCUT2D eigenvalue weighted by atomic mass is 9.70. The smallest absolute Gasteiger partial charge is 0.242 e. The van der Waals surface area contributed by atoms with Gasteiger partial charge in [-0.1, -0.05) is 34.6 Å². The summed E-state index contributed by atoms with van der Waals surface area (Å²) in [6, 6.07) is 0. The quantitative estimate of drug-likeness (QED) is 0.528. The van der Waals surface area contributed by atoms with Crippen molar-refractivity contribution >= 4 is 0 Å². The third kappa shape index (κ3) is 5.33. The van der Waals surface area contributed by atoms with Crippen LogP contribution in [0, 0.1) is 33.3 Å². The van der Waals surface area contributed by atoms with E-state index in [-0.39, 0.29) is 4.92 Å². The Bertz CT molecular complexity index is 331. The number of allylic oxidation sites excluding steroid dienone is 2. The molecule has 1 fully saturated rings. The first kappa shape index (κ1) is 16.2. The van der Waals surface area contributed by atoms with Crippen molar-refractivity contribution in [1.82, 2.24) is 0 Å². The van der Waals surface area contributed by atoms with Crippen molar-refractivity contribution in [3.8, 4) is 0 Å². The van der Waals surface area contributed by atoms with Crippen molar-refractivity contribution in [2.24, 2.45) is 23.2 Å². The molecule has 0 unspecified atom stereocenters. The van der Waals surface area contributed by atoms with Crippen molar-refractivity contribution < 1.29 is 4.92 Å². The Labute approximate surface area is 117 Å². The minimum atomic E-state index is -0.185. The van der Waals surface area contributed by atoms with Gasteiger partial charge in [-0.25, -0.2) is 0 Å². The van der Waals surface area contributed by atoms with Gasteiger partial charge in [-0.05, 0) is 54.9 Å². The molecule has 0 amide bonds. The molecular weight excluding hydrogens is 238 g/mol. The van der Waals surface area contributed by atoms with Gasteiger partial charge >= 0.3 is 0 Å². The fraction of sp³-hybridized carbons (Fsp3) is 0.875. The van der Waals surface area contributed by atoms with E-state index in [4.69, 9.17) is 0 Å². The molecule has 0 atom stereocenters. The molecule has 0 aliphatic heterocycles. The molecule has 0 heterocycles. The lowest BCUT2D eigenvalue weighted by molar-refractivity contribution is -0.429. The van der Waals surface area contributed by atoms with E-state index in [0.29, 0.717) is 29.4 Å². The summed E-state index contributed by atoms with van der Waals surface area (Å²) in [6.07, 6.45) is 7.16. The first-order valence-corrected chi connectivity index (χ1v) is 7.55. The zero-order valence-corrected chi connectivity index (χ0v) is 13.1. The SMILES string of the molecule is CC(C)CC(=CC1CCC(C(C)(C)C)CC1)[N+](=O)[O-]. The average molecular weight is 267 g/mol. The topological polar surface area (TPSA) is 43.1 Å². The standard InChI is InChI=1S/C16H29NO2/c1-12(2)10-15(17(18)19)11-13-6-8-14(9-7-13)16(3,4)5/h11-14H,6-10H2,1-5H3. The number of rotatable bonds is 4. The van der Waals surface area contributed by atoms with Gasteiger partial charge in [0.25, 0.3) is 0 Å². The molecule has 0 bridgehead atoms. The van der Waals surface area contributed by atoms with Crippen LogP contribution in [0.2, 0.25) is 0 Å². The van der Waals surface area contributed by atoms with Crippen LogP contribution in [0.25, 0.3) is 0 Å². The molecule has 0 radical (unpaired) electrons. The second-order valence-electron chi connectivity index (χ2n) is 7.49. The summed E-state index contributed by atoms with van der Waals surface area (Å²) in [5.41, 5.74) is 0.799. The van der Waals surface area contributed by atoms with Crippen molar-refractivity contribution in [1.29, 1.82) is 0 Å². The fourth-order valence-electron chi connectivity index (χ4n) is 3.05. The number of hydrogen-bond acceptors (Lipinski definition) is 2. The Morgan fingerprint density at radius 3 is 2.16 bits per heavy atom. The maximum atomic E-state index is 11.1. The average Bonchev–Trinajstić information content (AvgIpc) is 2.27. The van der Waals surface area contributed by atoms with E-state index in [1.54, 1.807) is 0 Å². The molecule has 1 saturated carbocycles. The Hall–Kier alpha value is -0.860. The maximum Gasteiger partial charge on any atom is 0.242 e. The van der Waals surface area contributed by atoms with E-state index < -0.39 is 0 Å². The third-order valence-corrected chi connectivity index (χ3v) is 4.28. The molecule has 1 aliphatic carbocycles. The summed E-state index contributed by atoms with van der Waals surface area (Å²) < 4.78 is 0. The lowest BCUT2D eigenvalue weighted by Gasteiger charge is -2.36. The van der Waals surface area contributed by atoms with Crippen molar-refractivity contribution in [2.75, 3.05) is 0 Å². The summed E-state index contributed by atoms with van der Waals surface area (Å²) in [7, 11) is 0. The Kier molecular flexibility index (Phi) is 5.57. The van der Waals surface area contributed by atoms with Crippen LogP contribution in [0.3, 0.4) is 0 Å². The summed E-state index contributed by atoms with van der Waals surface area (Å²) in [4.78, 5) is 10.9. The molecule has 1 rings (SSSR count). The van der Waals surface area contributed by atoms with Crippen molar-refractivity contribution in [3.63, 3.8) is 0 Å². The Morgan fingerprint density at radius 2 is 1.79 bits per heavy atom. The van der Waals surface area contributed by atoms with Gasteiger partial charge in [0.05, 0.1) is 4.92 Å². The summed E-state index contributed by atoms with van der Waals surface area (Å²) in [5.74, 6) is 1.53. The van der Waals surface area contributed by atoms with Crippen LogP contribution in [-0.2, 0) is 0 Å². The second kappa shape index (κ2) is 6.53. The highest BCUT2D eigenvalue weighted by Crippen LogP contribution is 2.40. The molecule has 0 aromatic heterocycles. The van der Waals surface area contributed by atoms with Crippen LogP contribution < -0.4 is 0 Å². The van der Waals surface area contributed by atoms with Crippen molar-refractivity contribution in [2.45, 2.75) is 66.7 Å². The Balaban J connectivity index is 2.61. The van der Waals surface area contributed by atoms with E-state index in [9.17, 15) is 10.1 Å². The Morgan fingerprint density at radius 1 is 1.26 bits per heavy atom. The van der Waals surface area contributed by atoms with Crippen molar-refractivity contribution in [3.05, 3.63) is 21.9 Å². The predicted octanol–water partition coefficient (Wildman–Crippen LogP) is 5.05. The normalized spacial score (nSPS) is 25.7. The molecule has 0 saturated heterocycles. The molecule has 1 aliphatic rings. The van der Waals surface area contributed by atoms with Gasteiger partial charge in [-0.2, -0.15) is 0 Å². The van der Waals surface area contributed by atoms with Crippen LogP contribution in [0.4, 0.5) is 0 Å². The molecule has 19 heavy (non-hydrogen) atoms. The molecule has 0 N–H and O–H groups in total. The molecule has 0 aromatic rings. The van der Waals surface area contributed by atoms with E-state index in [0.717, 1.165) is 18.8 Å². The maximum absolute atomic E-state index is 11.1. The molecular formula is C16H29NO2. The predicted molar refractivity (Wildman–Crippen MR) is 79.4 cm³/mol. The lowest BCUT2D eigenvalue weighted by Crippen LogP contribution is -2.25. The largest absolute Gasteiger partial charge is 0.259 e. The summed E-state index contributed by atoms with van der Waals surface area (Å²) in [5, 5.41) is 11.1. The minimum Gasteiger partial charge on any atom is -0.259 e. The van der Waals surface area contributed by atoms with E-state index in [1.165, 1.54) is 12.8 Å². The second-order valence-corrected chi connectivity index (χ2v) is 7.49. The van der Waals surface area contributed by atoms with Gasteiger partial charge in [0, 0.05) is 6.42 Å². The first-order valence-electron chi connectivity index (χ1n) is 7.55. The highest BCUT2D eigenvalue weighted by atomic mass is 16.6. The monoisotopic (exact) mass is 267 g/mol. The summed E-state index contributed by atoms with van der Waals surface area (Å²) >= 11 is 0. The van der Waals surface area contributed by atoms with Crippen LogP contribution in [0.15, 0.2) is 11.8 Å². The highest BCUT2D eigenvalue weighted by molar-refractivity contribution is 4.99. The van der Waals surface area contributed by atoms with Crippen LogP contribution in [-0.4, -0.2) is 4.92 Å². The van der Waals surface area contributed by atoms with Gasteiger partial charge in [0.1, 0.15) is 0 Å². The van der Waals surface area contributed by atoms with E-state index in [2.05, 4.69) is 20.8 Å². The van der Waals surface area contributed by atoms with Crippen LogP contribution >= 0.6 is 0 Å². The minimum absolute atomic E-state index is 0.185. The van der Waals surface area contributed by atoms with Crippen LogP contribution in [0.1, 0.15) is 66.7 Å². The highest BCUT2D eigenvalue weighted by Gasteiger charge is 2.30. The molecule has 110 valence electrons. The molecule has 0 spiro atoms. The molecule has 3 heteroatoms. The first-order chi connectivity index (χ1) is 8.70. The fourth-order valence-corrected chi connectivity index (χ4v) is 3.05. The zero-order valence-electron chi connectivity index (χ0n) is 13.1. The number of hydrogen-bond donors (Lipinski definition) is 0. The van der Waals surface area contributed by atoms with Gasteiger partial charge in [0.15, 0.2) is 0 Å². The zero-order chi connectivity index (χ0) is 14.6. The van der Waals surface area contributed by atoms with E-state index >= 15 is 0 Å².